The van der Waals surface area contributed by atoms with Crippen molar-refractivity contribution in [1.29, 1.82) is 0 Å². The molecule has 0 saturated carbocycles. The first-order chi connectivity index (χ1) is 4.16. The summed E-state index contributed by atoms with van der Waals surface area (Å²) < 4.78 is 0. The zero-order valence-electron chi connectivity index (χ0n) is 4.79. The summed E-state index contributed by atoms with van der Waals surface area (Å²) in [6.07, 6.45) is 0. The summed E-state index contributed by atoms with van der Waals surface area (Å²) in [5.41, 5.74) is 11.8. The van der Waals surface area contributed by atoms with Crippen LogP contribution in [0.4, 0.5) is 0 Å². The first-order valence-corrected chi connectivity index (χ1v) is 2.21. The standard InChI is InChI=1S/C3H9N5O/c4-2(9)1-7-3(5)8-6/h1,6H2,(H2,4,9)(H3,5,7,8). The molecule has 0 aromatic carbocycles. The van der Waals surface area contributed by atoms with Gasteiger partial charge in [-0.05, 0) is 0 Å². The molecular weight excluding hydrogens is 122 g/mol. The van der Waals surface area contributed by atoms with Crippen molar-refractivity contribution in [2.45, 2.75) is 0 Å². The van der Waals surface area contributed by atoms with Gasteiger partial charge in [-0.2, -0.15) is 0 Å². The Morgan fingerprint density at radius 1 is 1.56 bits per heavy atom. The molecule has 0 fully saturated rings. The maximum atomic E-state index is 10.0. The molecule has 0 aliphatic carbocycles. The summed E-state index contributed by atoms with van der Waals surface area (Å²) in [5.74, 6) is 4.25. The third-order valence-corrected chi connectivity index (χ3v) is 0.553. The van der Waals surface area contributed by atoms with E-state index >= 15 is 0 Å². The van der Waals surface area contributed by atoms with E-state index in [1.807, 2.05) is 5.43 Å². The number of carbonyl (C=O) groups is 1. The number of rotatable bonds is 2. The van der Waals surface area contributed by atoms with Crippen LogP contribution in [0.3, 0.4) is 0 Å². The number of amides is 1. The number of hydrogen-bond acceptors (Lipinski definition) is 3. The van der Waals surface area contributed by atoms with E-state index in [4.69, 9.17) is 17.3 Å². The van der Waals surface area contributed by atoms with Gasteiger partial charge in [0, 0.05) is 0 Å². The number of carbonyl (C=O) groups excluding carboxylic acids is 1. The Labute approximate surface area is 52.1 Å². The van der Waals surface area contributed by atoms with Crippen LogP contribution in [0.15, 0.2) is 4.99 Å². The van der Waals surface area contributed by atoms with E-state index in [2.05, 4.69) is 4.99 Å². The largest absolute Gasteiger partial charge is 0.369 e. The molecule has 0 atom stereocenters. The fourth-order valence-electron chi connectivity index (χ4n) is 0.209. The van der Waals surface area contributed by atoms with E-state index in [-0.39, 0.29) is 12.5 Å². The van der Waals surface area contributed by atoms with Gasteiger partial charge in [-0.3, -0.25) is 10.2 Å². The Morgan fingerprint density at radius 3 is 2.44 bits per heavy atom. The van der Waals surface area contributed by atoms with Crippen LogP contribution in [0.25, 0.3) is 0 Å². The molecule has 0 aliphatic heterocycles. The number of nitrogens with zero attached hydrogens (tertiary/aromatic N) is 1. The summed E-state index contributed by atoms with van der Waals surface area (Å²) in [5, 5.41) is 0. The van der Waals surface area contributed by atoms with Crippen LogP contribution < -0.4 is 22.7 Å². The van der Waals surface area contributed by atoms with E-state index in [0.29, 0.717) is 0 Å². The normalized spacial score (nSPS) is 11.0. The molecule has 1 amide bonds. The van der Waals surface area contributed by atoms with Gasteiger partial charge in [0.25, 0.3) is 0 Å². The number of aliphatic imine (C=N–C) groups is 1. The highest BCUT2D eigenvalue weighted by atomic mass is 16.1. The summed E-state index contributed by atoms with van der Waals surface area (Å²) in [4.78, 5) is 13.4. The van der Waals surface area contributed by atoms with E-state index in [1.165, 1.54) is 0 Å². The zero-order valence-corrected chi connectivity index (χ0v) is 4.79. The molecule has 0 bridgehead atoms. The minimum atomic E-state index is -0.548. The summed E-state index contributed by atoms with van der Waals surface area (Å²) in [6, 6.07) is 0. The fraction of sp³-hybridized carbons (Fsp3) is 0.333. The van der Waals surface area contributed by atoms with Crippen molar-refractivity contribution >= 4 is 11.9 Å². The summed E-state index contributed by atoms with van der Waals surface area (Å²) in [6.45, 7) is -0.143. The van der Waals surface area contributed by atoms with Gasteiger partial charge in [0.15, 0.2) is 0 Å². The SMILES string of the molecule is NNC(N)=NCC(N)=O. The minimum absolute atomic E-state index is 0.00574. The topological polar surface area (TPSA) is 120 Å². The quantitative estimate of drug-likeness (QED) is 0.140. The smallest absolute Gasteiger partial charge is 0.239 e. The van der Waals surface area contributed by atoms with Crippen molar-refractivity contribution < 1.29 is 4.79 Å². The average molecular weight is 131 g/mol. The highest BCUT2D eigenvalue weighted by Crippen LogP contribution is 1.64. The molecule has 9 heavy (non-hydrogen) atoms. The van der Waals surface area contributed by atoms with Crippen LogP contribution in [0.2, 0.25) is 0 Å². The lowest BCUT2D eigenvalue weighted by atomic mass is 10.6. The minimum Gasteiger partial charge on any atom is -0.369 e. The van der Waals surface area contributed by atoms with Gasteiger partial charge in [0.1, 0.15) is 6.54 Å². The van der Waals surface area contributed by atoms with Crippen LogP contribution in [0, 0.1) is 0 Å². The predicted molar refractivity (Wildman–Crippen MR) is 33.0 cm³/mol. The Bertz CT molecular complexity index is 130. The Hall–Kier alpha value is -1.30. The van der Waals surface area contributed by atoms with E-state index in [1.54, 1.807) is 0 Å². The van der Waals surface area contributed by atoms with Gasteiger partial charge in [0.2, 0.25) is 11.9 Å². The second-order valence-corrected chi connectivity index (χ2v) is 1.31. The van der Waals surface area contributed by atoms with Gasteiger partial charge in [-0.15, -0.1) is 0 Å². The second-order valence-electron chi connectivity index (χ2n) is 1.31. The second kappa shape index (κ2) is 3.67. The molecule has 6 heteroatoms. The highest BCUT2D eigenvalue weighted by molar-refractivity contribution is 5.82. The molecule has 0 radical (unpaired) electrons. The molecule has 0 aromatic rings. The Kier molecular flexibility index (Phi) is 3.14. The molecule has 0 rings (SSSR count). The van der Waals surface area contributed by atoms with Gasteiger partial charge in [-0.1, -0.05) is 0 Å². The van der Waals surface area contributed by atoms with Crippen molar-refractivity contribution in [1.82, 2.24) is 5.43 Å². The number of guanidine groups is 1. The van der Waals surface area contributed by atoms with Crippen LogP contribution in [0.1, 0.15) is 0 Å². The maximum absolute atomic E-state index is 10.0. The van der Waals surface area contributed by atoms with Crippen LogP contribution in [-0.2, 0) is 4.79 Å². The molecule has 0 spiro atoms. The lowest BCUT2D eigenvalue weighted by Gasteiger charge is -1.94. The number of hydrogen-bond donors (Lipinski definition) is 4. The van der Waals surface area contributed by atoms with Crippen LogP contribution in [-0.4, -0.2) is 18.4 Å². The van der Waals surface area contributed by atoms with Crippen molar-refractivity contribution in [3.05, 3.63) is 0 Å². The van der Waals surface area contributed by atoms with Crippen molar-refractivity contribution in [2.75, 3.05) is 6.54 Å². The van der Waals surface area contributed by atoms with Crippen LogP contribution >= 0.6 is 0 Å². The van der Waals surface area contributed by atoms with Crippen molar-refractivity contribution in [3.63, 3.8) is 0 Å². The van der Waals surface area contributed by atoms with Gasteiger partial charge >= 0.3 is 0 Å². The van der Waals surface area contributed by atoms with Gasteiger partial charge in [0.05, 0.1) is 0 Å². The monoisotopic (exact) mass is 131 g/mol. The predicted octanol–water partition coefficient (Wildman–Crippen LogP) is -2.75. The Morgan fingerprint density at radius 2 is 2.11 bits per heavy atom. The third-order valence-electron chi connectivity index (χ3n) is 0.553. The maximum Gasteiger partial charge on any atom is 0.239 e. The molecule has 52 valence electrons. The van der Waals surface area contributed by atoms with Gasteiger partial charge in [-0.25, -0.2) is 10.8 Å². The number of nitrogens with one attached hydrogen (secondary N) is 1. The summed E-state index contributed by atoms with van der Waals surface area (Å²) in [7, 11) is 0. The van der Waals surface area contributed by atoms with Crippen molar-refractivity contribution in [3.8, 4) is 0 Å². The molecule has 0 aliphatic rings. The van der Waals surface area contributed by atoms with Crippen LogP contribution in [0.5, 0.6) is 0 Å². The zero-order chi connectivity index (χ0) is 7.28. The first kappa shape index (κ1) is 7.70. The van der Waals surface area contributed by atoms with E-state index in [0.717, 1.165) is 0 Å². The number of primary amides is 1. The molecule has 0 saturated heterocycles. The fourth-order valence-corrected chi connectivity index (χ4v) is 0.209. The van der Waals surface area contributed by atoms with Crippen molar-refractivity contribution in [2.24, 2.45) is 22.3 Å². The number of hydrazine groups is 1. The van der Waals surface area contributed by atoms with E-state index < -0.39 is 5.91 Å². The summed E-state index contributed by atoms with van der Waals surface area (Å²) >= 11 is 0. The Balaban J connectivity index is 3.56. The third kappa shape index (κ3) is 4.56. The molecule has 6 nitrogen and oxygen atoms in total. The molecule has 0 heterocycles. The molecular formula is C3H9N5O. The average Bonchev–Trinajstić information content (AvgIpc) is 1.83. The molecule has 0 unspecified atom stereocenters. The molecule has 7 N–H and O–H groups in total. The highest BCUT2D eigenvalue weighted by Gasteiger charge is 1.89. The number of nitrogens with two attached hydrogens (primary N) is 3. The lowest BCUT2D eigenvalue weighted by molar-refractivity contribution is -0.116. The van der Waals surface area contributed by atoms with E-state index in [9.17, 15) is 4.79 Å². The lowest BCUT2D eigenvalue weighted by Crippen LogP contribution is -2.37. The first-order valence-electron chi connectivity index (χ1n) is 2.21. The van der Waals surface area contributed by atoms with Gasteiger partial charge < -0.3 is 11.5 Å². The molecule has 0 aromatic heterocycles.